The van der Waals surface area contributed by atoms with Crippen molar-refractivity contribution in [3.8, 4) is 0 Å². The molecule has 0 spiro atoms. The van der Waals surface area contributed by atoms with E-state index in [2.05, 4.69) is 21.2 Å². The number of benzene rings is 3. The maximum Gasteiger partial charge on any atom is 0.244 e. The third kappa shape index (κ3) is 8.66. The number of anilines is 1. The van der Waals surface area contributed by atoms with E-state index in [0.29, 0.717) is 10.2 Å². The van der Waals surface area contributed by atoms with Crippen LogP contribution in [0, 0.1) is 6.92 Å². The minimum atomic E-state index is -3.81. The number of nitrogens with zero attached hydrogens (tertiary/aromatic N) is 2. The van der Waals surface area contributed by atoms with E-state index >= 15 is 0 Å². The Bertz CT molecular complexity index is 1380. The zero-order valence-corrected chi connectivity index (χ0v) is 25.2. The van der Waals surface area contributed by atoms with Gasteiger partial charge in [-0.25, -0.2) is 8.42 Å². The van der Waals surface area contributed by atoms with E-state index in [9.17, 15) is 18.0 Å². The summed E-state index contributed by atoms with van der Waals surface area (Å²) in [5.74, 6) is -0.743. The molecule has 208 valence electrons. The van der Waals surface area contributed by atoms with E-state index < -0.39 is 28.5 Å². The largest absolute Gasteiger partial charge is 0.352 e. The molecule has 2 atom stereocenters. The summed E-state index contributed by atoms with van der Waals surface area (Å²) in [6.07, 6.45) is 2.10. The molecule has 2 amide bonds. The minimum absolute atomic E-state index is 0.0830. The van der Waals surface area contributed by atoms with Gasteiger partial charge in [0.1, 0.15) is 12.6 Å². The van der Waals surface area contributed by atoms with Gasteiger partial charge >= 0.3 is 0 Å². The third-order valence-electron chi connectivity index (χ3n) is 6.65. The maximum atomic E-state index is 14.1. The molecule has 0 aliphatic rings. The molecule has 0 fully saturated rings. The van der Waals surface area contributed by atoms with Crippen LogP contribution < -0.4 is 9.62 Å². The lowest BCUT2D eigenvalue weighted by Gasteiger charge is -2.34. The van der Waals surface area contributed by atoms with Crippen LogP contribution in [0.25, 0.3) is 0 Å². The van der Waals surface area contributed by atoms with Gasteiger partial charge in [0.2, 0.25) is 21.8 Å². The van der Waals surface area contributed by atoms with Gasteiger partial charge < -0.3 is 10.2 Å². The molecule has 0 heterocycles. The lowest BCUT2D eigenvalue weighted by molar-refractivity contribution is -0.140. The summed E-state index contributed by atoms with van der Waals surface area (Å²) in [6, 6.07) is 23.1. The van der Waals surface area contributed by atoms with Crippen molar-refractivity contribution >= 4 is 43.5 Å². The quantitative estimate of drug-likeness (QED) is 0.309. The van der Waals surface area contributed by atoms with Crippen LogP contribution >= 0.6 is 15.9 Å². The summed E-state index contributed by atoms with van der Waals surface area (Å²) in [6.45, 7) is 5.57. The Morgan fingerprint density at radius 2 is 1.64 bits per heavy atom. The van der Waals surface area contributed by atoms with Crippen LogP contribution in [-0.4, -0.2) is 50.0 Å². The van der Waals surface area contributed by atoms with Crippen molar-refractivity contribution in [2.24, 2.45) is 0 Å². The first-order valence-electron chi connectivity index (χ1n) is 12.9. The highest BCUT2D eigenvalue weighted by molar-refractivity contribution is 9.10. The topological polar surface area (TPSA) is 86.8 Å². The number of aryl methyl sites for hydroxylation is 1. The van der Waals surface area contributed by atoms with Crippen molar-refractivity contribution in [3.63, 3.8) is 0 Å². The first-order chi connectivity index (χ1) is 18.5. The van der Waals surface area contributed by atoms with Gasteiger partial charge in [0.25, 0.3) is 0 Å². The molecule has 3 aromatic carbocycles. The Morgan fingerprint density at radius 1 is 0.974 bits per heavy atom. The van der Waals surface area contributed by atoms with Crippen LogP contribution in [-0.2, 0) is 32.6 Å². The third-order valence-corrected chi connectivity index (χ3v) is 8.28. The average molecular weight is 615 g/mol. The number of carbonyl (C=O) groups is 2. The Labute approximate surface area is 240 Å². The van der Waals surface area contributed by atoms with Gasteiger partial charge in [-0.1, -0.05) is 83.5 Å². The molecule has 0 aromatic heterocycles. The molecule has 9 heteroatoms. The van der Waals surface area contributed by atoms with Gasteiger partial charge in [-0.05, 0) is 55.2 Å². The van der Waals surface area contributed by atoms with E-state index in [1.165, 1.54) is 4.90 Å². The molecule has 0 saturated heterocycles. The molecular formula is C30H36BrN3O4S. The standard InChI is InChI=1S/C30H36BrN3O4S/c1-5-23(3)32-30(36)28(18-24-13-7-6-8-14-24)33(20-25-15-10-9-12-22(25)2)29(35)21-34(39(4,37)38)27-17-11-16-26(31)19-27/h6-17,19,23,28H,5,18,20-21H2,1-4H3,(H,32,36)/t23-,28+/m0/s1. The molecule has 0 bridgehead atoms. The summed E-state index contributed by atoms with van der Waals surface area (Å²) < 4.78 is 27.5. The van der Waals surface area contributed by atoms with Gasteiger partial charge in [0.15, 0.2) is 0 Å². The summed E-state index contributed by atoms with van der Waals surface area (Å²) >= 11 is 3.38. The minimum Gasteiger partial charge on any atom is -0.352 e. The smallest absolute Gasteiger partial charge is 0.244 e. The molecule has 0 radical (unpaired) electrons. The van der Waals surface area contributed by atoms with E-state index in [0.717, 1.165) is 33.7 Å². The van der Waals surface area contributed by atoms with Crippen LogP contribution in [0.4, 0.5) is 5.69 Å². The Balaban J connectivity index is 2.07. The number of hydrogen-bond donors (Lipinski definition) is 1. The van der Waals surface area contributed by atoms with E-state index in [1.807, 2.05) is 75.4 Å². The Morgan fingerprint density at radius 3 is 2.26 bits per heavy atom. The number of carbonyl (C=O) groups excluding carboxylic acids is 2. The number of rotatable bonds is 12. The maximum absolute atomic E-state index is 14.1. The zero-order chi connectivity index (χ0) is 28.6. The second kappa shape index (κ2) is 13.8. The Kier molecular flexibility index (Phi) is 10.7. The van der Waals surface area contributed by atoms with Crippen molar-refractivity contribution in [2.45, 2.75) is 52.2 Å². The van der Waals surface area contributed by atoms with Crippen molar-refractivity contribution < 1.29 is 18.0 Å². The molecular weight excluding hydrogens is 578 g/mol. The number of sulfonamides is 1. The molecule has 1 N–H and O–H groups in total. The van der Waals surface area contributed by atoms with Crippen molar-refractivity contribution in [1.29, 1.82) is 0 Å². The van der Waals surface area contributed by atoms with Gasteiger partial charge in [-0.3, -0.25) is 13.9 Å². The number of hydrogen-bond acceptors (Lipinski definition) is 4. The summed E-state index contributed by atoms with van der Waals surface area (Å²) in [5, 5.41) is 3.04. The fourth-order valence-electron chi connectivity index (χ4n) is 4.21. The number of amides is 2. The molecule has 3 aromatic rings. The van der Waals surface area contributed by atoms with Crippen molar-refractivity contribution in [1.82, 2.24) is 10.2 Å². The average Bonchev–Trinajstić information content (AvgIpc) is 2.89. The lowest BCUT2D eigenvalue weighted by Crippen LogP contribution is -2.54. The Hall–Kier alpha value is -3.17. The summed E-state index contributed by atoms with van der Waals surface area (Å²) in [4.78, 5) is 29.3. The number of nitrogens with one attached hydrogen (secondary N) is 1. The summed E-state index contributed by atoms with van der Waals surface area (Å²) in [5.41, 5.74) is 3.12. The summed E-state index contributed by atoms with van der Waals surface area (Å²) in [7, 11) is -3.81. The van der Waals surface area contributed by atoms with Gasteiger partial charge in [0, 0.05) is 23.5 Å². The monoisotopic (exact) mass is 613 g/mol. The molecule has 7 nitrogen and oxygen atoms in total. The highest BCUT2D eigenvalue weighted by Gasteiger charge is 2.33. The van der Waals surface area contributed by atoms with Gasteiger partial charge in [0.05, 0.1) is 11.9 Å². The van der Waals surface area contributed by atoms with Crippen LogP contribution in [0.2, 0.25) is 0 Å². The fourth-order valence-corrected chi connectivity index (χ4v) is 5.44. The van der Waals surface area contributed by atoms with Crippen LogP contribution in [0.1, 0.15) is 37.0 Å². The zero-order valence-electron chi connectivity index (χ0n) is 22.8. The highest BCUT2D eigenvalue weighted by atomic mass is 79.9. The molecule has 39 heavy (non-hydrogen) atoms. The lowest BCUT2D eigenvalue weighted by atomic mass is 10.0. The van der Waals surface area contributed by atoms with Gasteiger partial charge in [-0.2, -0.15) is 0 Å². The molecule has 0 saturated carbocycles. The second-order valence-electron chi connectivity index (χ2n) is 9.72. The van der Waals surface area contributed by atoms with Crippen molar-refractivity contribution in [3.05, 3.63) is 100 Å². The predicted molar refractivity (Wildman–Crippen MR) is 160 cm³/mol. The van der Waals surface area contributed by atoms with Crippen LogP contribution in [0.5, 0.6) is 0 Å². The SMILES string of the molecule is CC[C@H](C)NC(=O)[C@@H](Cc1ccccc1)N(Cc1ccccc1C)C(=O)CN(c1cccc(Br)c1)S(C)(=O)=O. The van der Waals surface area contributed by atoms with E-state index in [-0.39, 0.29) is 24.9 Å². The van der Waals surface area contributed by atoms with Crippen LogP contribution in [0.15, 0.2) is 83.3 Å². The van der Waals surface area contributed by atoms with Crippen LogP contribution in [0.3, 0.4) is 0 Å². The van der Waals surface area contributed by atoms with Crippen molar-refractivity contribution in [2.75, 3.05) is 17.1 Å². The first kappa shape index (κ1) is 30.4. The molecule has 0 aliphatic carbocycles. The second-order valence-corrected chi connectivity index (χ2v) is 12.5. The number of halogens is 1. The highest BCUT2D eigenvalue weighted by Crippen LogP contribution is 2.24. The molecule has 0 aliphatic heterocycles. The molecule has 3 rings (SSSR count). The predicted octanol–water partition coefficient (Wildman–Crippen LogP) is 5.08. The van der Waals surface area contributed by atoms with Gasteiger partial charge in [-0.15, -0.1) is 0 Å². The normalized spacial score (nSPS) is 12.8. The van der Waals surface area contributed by atoms with E-state index in [1.54, 1.807) is 24.3 Å². The molecule has 0 unspecified atom stereocenters. The van der Waals surface area contributed by atoms with E-state index in [4.69, 9.17) is 0 Å². The fraction of sp³-hybridized carbons (Fsp3) is 0.333. The first-order valence-corrected chi connectivity index (χ1v) is 15.5.